The maximum Gasteiger partial charge on any atom is 0.344 e. The normalized spacial score (nSPS) is 24.9. The zero-order chi connectivity index (χ0) is 26.3. The number of esters is 1. The minimum Gasteiger partial charge on any atom is -0.462 e. The molecule has 36 heavy (non-hydrogen) atoms. The molecule has 0 aromatic heterocycles. The van der Waals surface area contributed by atoms with Gasteiger partial charge in [0.2, 0.25) is 0 Å². The second kappa shape index (κ2) is 16.9. The van der Waals surface area contributed by atoms with Gasteiger partial charge in [-0.1, -0.05) is 75.0 Å². The summed E-state index contributed by atoms with van der Waals surface area (Å²) >= 11 is 3.47. The number of thioether (sulfide) groups is 2. The van der Waals surface area contributed by atoms with Gasteiger partial charge in [-0.2, -0.15) is 0 Å². The molecule has 0 saturated heterocycles. The predicted molar refractivity (Wildman–Crippen MR) is 161 cm³/mol. The summed E-state index contributed by atoms with van der Waals surface area (Å²) in [7, 11) is 0. The summed E-state index contributed by atoms with van der Waals surface area (Å²) in [5.74, 6) is 0.938. The monoisotopic (exact) mass is 527 g/mol. The quantitative estimate of drug-likeness (QED) is 0.0858. The molecule has 4 atom stereocenters. The molecule has 0 amide bonds. The van der Waals surface area contributed by atoms with Gasteiger partial charge in [0.1, 0.15) is 0 Å². The Labute approximate surface area is 228 Å². The zero-order valence-electron chi connectivity index (χ0n) is 22.6. The summed E-state index contributed by atoms with van der Waals surface area (Å²) in [5.41, 5.74) is 10.4. The van der Waals surface area contributed by atoms with Crippen molar-refractivity contribution in [3.63, 3.8) is 0 Å². The number of rotatable bonds is 13. The van der Waals surface area contributed by atoms with Crippen molar-refractivity contribution in [3.05, 3.63) is 82.9 Å². The molecule has 5 heteroatoms. The summed E-state index contributed by atoms with van der Waals surface area (Å²) in [6, 6.07) is -0.0721. The van der Waals surface area contributed by atoms with Crippen LogP contribution in [0, 0.1) is 11.8 Å². The summed E-state index contributed by atoms with van der Waals surface area (Å²) in [5, 5.41) is 0. The molecule has 0 heterocycles. The maximum atomic E-state index is 13.3. The standard InChI is InChI=1S/C31H45NO2S2/c1-6-10-13-19-25(16-7-2)26-20-28(27(8-3)29(32)21-26)30(31(33)34-9-4)36-23(5)35-22-24-17-14-11-12-15-18-24/h8,11,13-19,23,26-27,29H,3,6-7,9-10,12,20-22,32H2,1-2,4-5H3/b19-13-,25-16+,30-28-. The fourth-order valence-electron chi connectivity index (χ4n) is 4.61. The van der Waals surface area contributed by atoms with E-state index in [4.69, 9.17) is 10.5 Å². The third-order valence-corrected chi connectivity index (χ3v) is 9.05. The van der Waals surface area contributed by atoms with Gasteiger partial charge in [-0.3, -0.25) is 0 Å². The molecule has 0 spiro atoms. The molecular weight excluding hydrogens is 482 g/mol. The number of ether oxygens (including phenoxy) is 1. The van der Waals surface area contributed by atoms with E-state index in [2.05, 4.69) is 76.0 Å². The van der Waals surface area contributed by atoms with Gasteiger partial charge in [0.25, 0.3) is 0 Å². The van der Waals surface area contributed by atoms with E-state index in [0.717, 1.165) is 54.8 Å². The SMILES string of the molecule is C=CC1/C(=C(\SC(C)SCC2=CC=CCC=C2)C(=O)OCC)CC(C(/C=C\CCC)=C/CC)CC1N. The summed E-state index contributed by atoms with van der Waals surface area (Å²) < 4.78 is 5.75. The average molecular weight is 528 g/mol. The van der Waals surface area contributed by atoms with Crippen LogP contribution in [0.15, 0.2) is 82.9 Å². The molecule has 3 nitrogen and oxygen atoms in total. The Kier molecular flexibility index (Phi) is 14.4. The maximum absolute atomic E-state index is 13.3. The van der Waals surface area contributed by atoms with Crippen LogP contribution in [0.5, 0.6) is 0 Å². The van der Waals surface area contributed by atoms with Crippen molar-refractivity contribution in [3.8, 4) is 0 Å². The van der Waals surface area contributed by atoms with Gasteiger partial charge in [-0.25, -0.2) is 4.79 Å². The lowest BCUT2D eigenvalue weighted by Crippen LogP contribution is -2.38. The van der Waals surface area contributed by atoms with Crippen molar-refractivity contribution >= 4 is 29.5 Å². The van der Waals surface area contributed by atoms with Crippen LogP contribution in [-0.2, 0) is 9.53 Å². The van der Waals surface area contributed by atoms with Crippen molar-refractivity contribution in [2.24, 2.45) is 17.6 Å². The molecule has 198 valence electrons. The van der Waals surface area contributed by atoms with Crippen LogP contribution < -0.4 is 5.73 Å². The first kappa shape index (κ1) is 30.5. The topological polar surface area (TPSA) is 52.3 Å². The molecule has 1 fully saturated rings. The number of nitrogens with two attached hydrogens (primary N) is 1. The third kappa shape index (κ3) is 9.64. The molecule has 0 aromatic rings. The van der Waals surface area contributed by atoms with Crippen LogP contribution >= 0.6 is 23.5 Å². The van der Waals surface area contributed by atoms with Crippen LogP contribution in [0.25, 0.3) is 0 Å². The molecule has 0 radical (unpaired) electrons. The Bertz CT molecular complexity index is 910. The van der Waals surface area contributed by atoms with E-state index in [1.165, 1.54) is 11.1 Å². The van der Waals surface area contributed by atoms with Crippen molar-refractivity contribution in [2.45, 2.75) is 76.8 Å². The minimum absolute atomic E-state index is 0.0227. The van der Waals surface area contributed by atoms with Gasteiger partial charge in [-0.15, -0.1) is 30.1 Å². The van der Waals surface area contributed by atoms with Gasteiger partial charge in [0.15, 0.2) is 0 Å². The molecule has 2 aliphatic carbocycles. The lowest BCUT2D eigenvalue weighted by Gasteiger charge is -2.37. The van der Waals surface area contributed by atoms with E-state index in [9.17, 15) is 4.79 Å². The first-order valence-electron chi connectivity index (χ1n) is 13.4. The number of carbonyl (C=O) groups excluding carboxylic acids is 1. The largest absolute Gasteiger partial charge is 0.462 e. The van der Waals surface area contributed by atoms with E-state index in [1.807, 2.05) is 24.8 Å². The highest BCUT2D eigenvalue weighted by atomic mass is 32.2. The number of hydrogen-bond acceptors (Lipinski definition) is 5. The molecule has 2 N–H and O–H groups in total. The van der Waals surface area contributed by atoms with Crippen molar-refractivity contribution < 1.29 is 9.53 Å². The Morgan fingerprint density at radius 3 is 2.81 bits per heavy atom. The van der Waals surface area contributed by atoms with E-state index < -0.39 is 0 Å². The average Bonchev–Trinajstić information content (AvgIpc) is 3.14. The highest BCUT2D eigenvalue weighted by Gasteiger charge is 2.35. The number of carbonyl (C=O) groups is 1. The minimum atomic E-state index is -0.233. The molecule has 0 aromatic carbocycles. The Morgan fingerprint density at radius 2 is 2.11 bits per heavy atom. The molecule has 0 bridgehead atoms. The molecular formula is C31H45NO2S2. The lowest BCUT2D eigenvalue weighted by atomic mass is 9.72. The summed E-state index contributed by atoms with van der Waals surface area (Å²) in [6.45, 7) is 12.9. The molecule has 4 unspecified atom stereocenters. The first-order valence-corrected chi connectivity index (χ1v) is 15.3. The molecule has 0 aliphatic heterocycles. The predicted octanol–water partition coefficient (Wildman–Crippen LogP) is 8.29. The Hall–Kier alpha value is -1.69. The van der Waals surface area contributed by atoms with Gasteiger partial charge in [0.05, 0.1) is 16.1 Å². The second-order valence-corrected chi connectivity index (χ2v) is 12.2. The molecule has 1 saturated carbocycles. The lowest BCUT2D eigenvalue weighted by molar-refractivity contribution is -0.137. The second-order valence-electron chi connectivity index (χ2n) is 9.24. The van der Waals surface area contributed by atoms with E-state index in [0.29, 0.717) is 12.5 Å². The van der Waals surface area contributed by atoms with E-state index >= 15 is 0 Å². The highest BCUT2D eigenvalue weighted by molar-refractivity contribution is 8.19. The van der Waals surface area contributed by atoms with Crippen LogP contribution in [0.1, 0.15) is 66.2 Å². The van der Waals surface area contributed by atoms with Gasteiger partial charge < -0.3 is 10.5 Å². The van der Waals surface area contributed by atoms with Crippen molar-refractivity contribution in [1.82, 2.24) is 0 Å². The fraction of sp³-hybridized carbons (Fsp3) is 0.516. The first-order chi connectivity index (χ1) is 17.4. The number of allylic oxidation sites excluding steroid dienone is 9. The zero-order valence-corrected chi connectivity index (χ0v) is 24.2. The van der Waals surface area contributed by atoms with Crippen molar-refractivity contribution in [2.75, 3.05) is 12.4 Å². The van der Waals surface area contributed by atoms with Gasteiger partial charge in [0, 0.05) is 17.7 Å². The number of unbranched alkanes of at least 4 members (excludes halogenated alkanes) is 1. The summed E-state index contributed by atoms with van der Waals surface area (Å²) in [4.78, 5) is 14.0. The third-order valence-electron chi connectivity index (χ3n) is 6.39. The smallest absolute Gasteiger partial charge is 0.344 e. The van der Waals surface area contributed by atoms with Crippen LogP contribution in [0.4, 0.5) is 0 Å². The van der Waals surface area contributed by atoms with Crippen LogP contribution in [-0.4, -0.2) is 29.0 Å². The number of hydrogen-bond donors (Lipinski definition) is 1. The van der Waals surface area contributed by atoms with Crippen LogP contribution in [0.2, 0.25) is 0 Å². The highest BCUT2D eigenvalue weighted by Crippen LogP contribution is 2.44. The Morgan fingerprint density at radius 1 is 1.31 bits per heavy atom. The van der Waals surface area contributed by atoms with Crippen LogP contribution in [0.3, 0.4) is 0 Å². The fourth-order valence-corrected chi connectivity index (χ4v) is 6.85. The van der Waals surface area contributed by atoms with Gasteiger partial charge in [-0.05, 0) is 68.6 Å². The molecule has 2 aliphatic rings. The van der Waals surface area contributed by atoms with E-state index in [1.54, 1.807) is 11.8 Å². The van der Waals surface area contributed by atoms with Crippen molar-refractivity contribution in [1.29, 1.82) is 0 Å². The Balaban J connectivity index is 2.35. The van der Waals surface area contributed by atoms with E-state index in [-0.39, 0.29) is 22.5 Å². The summed E-state index contributed by atoms with van der Waals surface area (Å²) in [6.07, 6.45) is 25.5. The van der Waals surface area contributed by atoms with Gasteiger partial charge >= 0.3 is 5.97 Å². The molecule has 2 rings (SSSR count).